The molecular weight excluding hydrogens is 404 g/mol. The molecule has 0 unspecified atom stereocenters. The van der Waals surface area contributed by atoms with Gasteiger partial charge in [-0.05, 0) is 24.3 Å². The van der Waals surface area contributed by atoms with Crippen LogP contribution in [-0.2, 0) is 7.05 Å². The Labute approximate surface area is 168 Å². The van der Waals surface area contributed by atoms with Gasteiger partial charge in [0.25, 0.3) is 11.6 Å². The summed E-state index contributed by atoms with van der Waals surface area (Å²) in [6, 6.07) is 10.0. The second-order valence-corrected chi connectivity index (χ2v) is 6.25. The summed E-state index contributed by atoms with van der Waals surface area (Å²) in [5, 5.41) is 27.1. The third kappa shape index (κ3) is 4.50. The van der Waals surface area contributed by atoms with E-state index in [9.17, 15) is 24.8 Å². The number of anilines is 1. The molecule has 0 bridgehead atoms. The molecule has 0 saturated heterocycles. The first kappa shape index (κ1) is 19.8. The number of hydrogen-bond donors (Lipinski definition) is 2. The molecule has 0 fully saturated rings. The van der Waals surface area contributed by atoms with Gasteiger partial charge < -0.3 is 15.2 Å². The molecule has 0 atom stereocenters. The van der Waals surface area contributed by atoms with Crippen molar-refractivity contribution in [3.8, 4) is 11.5 Å². The van der Waals surface area contributed by atoms with E-state index in [1.165, 1.54) is 19.2 Å². The van der Waals surface area contributed by atoms with Gasteiger partial charge in [0.1, 0.15) is 22.8 Å². The summed E-state index contributed by atoms with van der Waals surface area (Å²) in [7, 11) is 1.41. The third-order valence-corrected chi connectivity index (χ3v) is 4.05. The van der Waals surface area contributed by atoms with E-state index in [1.54, 1.807) is 24.3 Å². The second kappa shape index (κ2) is 7.98. The number of rotatable bonds is 6. The molecule has 1 aromatic heterocycles. The van der Waals surface area contributed by atoms with Gasteiger partial charge in [0.15, 0.2) is 0 Å². The van der Waals surface area contributed by atoms with Gasteiger partial charge in [-0.25, -0.2) is 4.79 Å². The molecule has 29 heavy (non-hydrogen) atoms. The van der Waals surface area contributed by atoms with Crippen molar-refractivity contribution in [2.75, 3.05) is 5.32 Å². The Bertz CT molecular complexity index is 1110. The number of nitrogens with one attached hydrogen (secondary N) is 1. The molecule has 0 aliphatic heterocycles. The largest absolute Gasteiger partial charge is 0.478 e. The maximum atomic E-state index is 12.5. The number of nitro groups is 1. The standard InChI is InChI=1S/C18H13ClN4O6/c1-22-16(15(9-20-22)18(25)26)17(24)21-11-6-12(23(27)28)8-14(7-11)29-13-4-2-10(19)3-5-13/h2-9H,1H3,(H,21,24)(H,25,26). The van der Waals surface area contributed by atoms with E-state index in [4.69, 9.17) is 16.3 Å². The number of aromatic nitrogens is 2. The van der Waals surface area contributed by atoms with Crippen LogP contribution in [0.2, 0.25) is 5.02 Å². The molecule has 3 aromatic rings. The minimum absolute atomic E-state index is 0.0469. The van der Waals surface area contributed by atoms with Gasteiger partial charge in [-0.2, -0.15) is 5.10 Å². The molecule has 148 valence electrons. The molecule has 0 saturated carbocycles. The van der Waals surface area contributed by atoms with Crippen LogP contribution in [0.25, 0.3) is 0 Å². The quantitative estimate of drug-likeness (QED) is 0.461. The van der Waals surface area contributed by atoms with Gasteiger partial charge >= 0.3 is 5.97 Å². The van der Waals surface area contributed by atoms with Gasteiger partial charge in [0.05, 0.1) is 22.9 Å². The first-order valence-corrected chi connectivity index (χ1v) is 8.42. The van der Waals surface area contributed by atoms with Gasteiger partial charge in [-0.15, -0.1) is 0 Å². The monoisotopic (exact) mass is 416 g/mol. The van der Waals surface area contributed by atoms with Crippen molar-refractivity contribution in [2.45, 2.75) is 0 Å². The molecule has 0 radical (unpaired) electrons. The lowest BCUT2D eigenvalue weighted by molar-refractivity contribution is -0.384. The number of benzene rings is 2. The number of hydrogen-bond acceptors (Lipinski definition) is 6. The van der Waals surface area contributed by atoms with Crippen LogP contribution in [0.15, 0.2) is 48.7 Å². The number of aromatic carboxylic acids is 1. The fourth-order valence-corrected chi connectivity index (χ4v) is 2.64. The highest BCUT2D eigenvalue weighted by molar-refractivity contribution is 6.30. The van der Waals surface area contributed by atoms with Crippen LogP contribution < -0.4 is 10.1 Å². The Morgan fingerprint density at radius 3 is 2.52 bits per heavy atom. The highest BCUT2D eigenvalue weighted by Gasteiger charge is 2.22. The summed E-state index contributed by atoms with van der Waals surface area (Å²) < 4.78 is 6.70. The molecule has 0 aliphatic carbocycles. The predicted molar refractivity (Wildman–Crippen MR) is 103 cm³/mol. The van der Waals surface area contributed by atoms with Crippen LogP contribution in [0.4, 0.5) is 11.4 Å². The van der Waals surface area contributed by atoms with Gasteiger partial charge in [-0.3, -0.25) is 19.6 Å². The van der Waals surface area contributed by atoms with Crippen molar-refractivity contribution < 1.29 is 24.4 Å². The van der Waals surface area contributed by atoms with Crippen LogP contribution in [-0.4, -0.2) is 31.7 Å². The van der Waals surface area contributed by atoms with E-state index < -0.39 is 16.8 Å². The molecule has 2 aromatic carbocycles. The van der Waals surface area contributed by atoms with Crippen molar-refractivity contribution in [3.63, 3.8) is 0 Å². The zero-order valence-corrected chi connectivity index (χ0v) is 15.6. The van der Waals surface area contributed by atoms with Crippen LogP contribution >= 0.6 is 11.6 Å². The summed E-state index contributed by atoms with van der Waals surface area (Å²) in [6.45, 7) is 0. The minimum atomic E-state index is -1.32. The number of carbonyl (C=O) groups excluding carboxylic acids is 1. The number of nitrogens with zero attached hydrogens (tertiary/aromatic N) is 3. The number of halogens is 1. The number of ether oxygens (including phenoxy) is 1. The molecule has 10 nitrogen and oxygen atoms in total. The predicted octanol–water partition coefficient (Wildman–Crippen LogP) is 3.72. The fourth-order valence-electron chi connectivity index (χ4n) is 2.51. The smallest absolute Gasteiger partial charge is 0.339 e. The van der Waals surface area contributed by atoms with E-state index in [1.807, 2.05) is 0 Å². The Morgan fingerprint density at radius 2 is 1.90 bits per heavy atom. The Morgan fingerprint density at radius 1 is 1.21 bits per heavy atom. The number of carboxylic acid groups (broad SMARTS) is 1. The Kier molecular flexibility index (Phi) is 5.46. The van der Waals surface area contributed by atoms with E-state index in [-0.39, 0.29) is 28.4 Å². The zero-order chi connectivity index (χ0) is 21.1. The average Bonchev–Trinajstić information content (AvgIpc) is 3.05. The molecule has 0 spiro atoms. The van der Waals surface area contributed by atoms with Gasteiger partial charge in [0.2, 0.25) is 0 Å². The van der Waals surface area contributed by atoms with E-state index in [2.05, 4.69) is 10.4 Å². The minimum Gasteiger partial charge on any atom is -0.478 e. The van der Waals surface area contributed by atoms with Crippen molar-refractivity contribution >= 4 is 34.9 Å². The highest BCUT2D eigenvalue weighted by atomic mass is 35.5. The van der Waals surface area contributed by atoms with Crippen LogP contribution in [0.5, 0.6) is 11.5 Å². The van der Waals surface area contributed by atoms with Gasteiger partial charge in [-0.1, -0.05) is 11.6 Å². The molecule has 0 aliphatic rings. The lowest BCUT2D eigenvalue weighted by Crippen LogP contribution is -2.19. The van der Waals surface area contributed by atoms with Crippen molar-refractivity contribution in [1.82, 2.24) is 9.78 Å². The topological polar surface area (TPSA) is 137 Å². The maximum absolute atomic E-state index is 12.5. The average molecular weight is 417 g/mol. The zero-order valence-electron chi connectivity index (χ0n) is 14.8. The normalized spacial score (nSPS) is 10.4. The molecule has 11 heteroatoms. The highest BCUT2D eigenvalue weighted by Crippen LogP contribution is 2.30. The number of amides is 1. The summed E-state index contributed by atoms with van der Waals surface area (Å²) in [6.07, 6.45) is 1.04. The Balaban J connectivity index is 1.92. The number of carbonyl (C=O) groups is 2. The summed E-state index contributed by atoms with van der Waals surface area (Å²) in [4.78, 5) is 34.4. The van der Waals surface area contributed by atoms with E-state index in [0.717, 1.165) is 16.9 Å². The first-order valence-electron chi connectivity index (χ1n) is 8.04. The number of non-ortho nitro benzene ring substituents is 1. The van der Waals surface area contributed by atoms with Crippen molar-refractivity contribution in [3.05, 3.63) is 75.1 Å². The molecular formula is C18H13ClN4O6. The Hall–Kier alpha value is -3.92. The van der Waals surface area contributed by atoms with E-state index in [0.29, 0.717) is 10.8 Å². The van der Waals surface area contributed by atoms with Gasteiger partial charge in [0, 0.05) is 24.2 Å². The van der Waals surface area contributed by atoms with Crippen LogP contribution in [0.1, 0.15) is 20.8 Å². The molecule has 1 amide bonds. The number of carboxylic acids is 1. The van der Waals surface area contributed by atoms with Crippen molar-refractivity contribution in [2.24, 2.45) is 7.05 Å². The molecule has 3 rings (SSSR count). The number of aryl methyl sites for hydroxylation is 1. The van der Waals surface area contributed by atoms with E-state index >= 15 is 0 Å². The first-order chi connectivity index (χ1) is 13.7. The number of nitro benzene ring substituents is 1. The fraction of sp³-hybridized carbons (Fsp3) is 0.0556. The summed E-state index contributed by atoms with van der Waals surface area (Å²) in [5.74, 6) is -1.64. The summed E-state index contributed by atoms with van der Waals surface area (Å²) >= 11 is 5.82. The third-order valence-electron chi connectivity index (χ3n) is 3.79. The summed E-state index contributed by atoms with van der Waals surface area (Å²) in [5.41, 5.74) is -0.779. The second-order valence-electron chi connectivity index (χ2n) is 5.82. The maximum Gasteiger partial charge on any atom is 0.339 e. The SMILES string of the molecule is Cn1ncc(C(=O)O)c1C(=O)Nc1cc(Oc2ccc(Cl)cc2)cc([N+](=O)[O-])c1. The lowest BCUT2D eigenvalue weighted by atomic mass is 10.2. The molecule has 1 heterocycles. The van der Waals surface area contributed by atoms with Crippen LogP contribution in [0.3, 0.4) is 0 Å². The van der Waals surface area contributed by atoms with Crippen LogP contribution in [0, 0.1) is 10.1 Å². The lowest BCUT2D eigenvalue weighted by Gasteiger charge is -2.10. The van der Waals surface area contributed by atoms with Crippen molar-refractivity contribution in [1.29, 1.82) is 0 Å². The molecule has 2 N–H and O–H groups in total.